The number of ketones is 1. The molecule has 0 fully saturated rings. The Morgan fingerprint density at radius 2 is 2.20 bits per heavy atom. The normalized spacial score (nSPS) is 17.6. The van der Waals surface area contributed by atoms with Gasteiger partial charge in [0, 0.05) is 16.9 Å². The van der Waals surface area contributed by atoms with Crippen LogP contribution in [0.1, 0.15) is 37.0 Å². The molecular weight excluding hydrogens is 272 g/mol. The molecule has 0 saturated carbocycles. The van der Waals surface area contributed by atoms with Gasteiger partial charge in [0.1, 0.15) is 6.54 Å². The summed E-state index contributed by atoms with van der Waals surface area (Å²) in [5, 5.41) is 8.78. The standard InChI is InChI=1S/C15H16N2O2S/c1-3-12(18)10-5-6-14-11(9-10)17(8-7-16)15(19)13(4-2)20-14/h5-6,9,13H,3-4,8H2,1-2H3. The zero-order valence-electron chi connectivity index (χ0n) is 11.5. The van der Waals surface area contributed by atoms with E-state index in [1.165, 1.54) is 16.7 Å². The van der Waals surface area contributed by atoms with E-state index in [1.54, 1.807) is 12.1 Å². The fourth-order valence-corrected chi connectivity index (χ4v) is 3.33. The lowest BCUT2D eigenvalue weighted by atomic mass is 10.1. The average molecular weight is 288 g/mol. The number of hydrogen-bond acceptors (Lipinski definition) is 4. The van der Waals surface area contributed by atoms with Crippen molar-refractivity contribution in [2.75, 3.05) is 11.4 Å². The van der Waals surface area contributed by atoms with E-state index in [0.29, 0.717) is 17.7 Å². The van der Waals surface area contributed by atoms with Crippen LogP contribution in [0.2, 0.25) is 0 Å². The molecule has 0 radical (unpaired) electrons. The molecule has 1 atom stereocenters. The summed E-state index contributed by atoms with van der Waals surface area (Å²) in [6, 6.07) is 7.43. The van der Waals surface area contributed by atoms with E-state index < -0.39 is 0 Å². The van der Waals surface area contributed by atoms with Gasteiger partial charge in [-0.15, -0.1) is 11.8 Å². The number of hydrogen-bond donors (Lipinski definition) is 0. The lowest BCUT2D eigenvalue weighted by Gasteiger charge is -2.32. The highest BCUT2D eigenvalue weighted by Gasteiger charge is 2.32. The Hall–Kier alpha value is -1.80. The van der Waals surface area contributed by atoms with Gasteiger partial charge in [0.05, 0.1) is 17.0 Å². The molecule has 1 aromatic rings. The predicted molar refractivity (Wildman–Crippen MR) is 79.0 cm³/mol. The van der Waals surface area contributed by atoms with Gasteiger partial charge in [-0.05, 0) is 18.6 Å². The highest BCUT2D eigenvalue weighted by Crippen LogP contribution is 2.40. The molecule has 1 aliphatic heterocycles. The van der Waals surface area contributed by atoms with Gasteiger partial charge in [0.25, 0.3) is 0 Å². The van der Waals surface area contributed by atoms with Crippen molar-refractivity contribution in [1.29, 1.82) is 5.26 Å². The summed E-state index contributed by atoms with van der Waals surface area (Å²) in [5.74, 6) is -0.00702. The number of rotatable bonds is 4. The van der Waals surface area contributed by atoms with Gasteiger partial charge in [-0.25, -0.2) is 0 Å². The predicted octanol–water partition coefficient (Wildman–Crippen LogP) is 3.02. The fourth-order valence-electron chi connectivity index (χ4n) is 2.19. The third-order valence-corrected chi connectivity index (χ3v) is 4.72. The van der Waals surface area contributed by atoms with E-state index in [-0.39, 0.29) is 23.5 Å². The van der Waals surface area contributed by atoms with Gasteiger partial charge in [-0.3, -0.25) is 14.5 Å². The van der Waals surface area contributed by atoms with Crippen LogP contribution in [0.4, 0.5) is 5.69 Å². The topological polar surface area (TPSA) is 61.2 Å². The Morgan fingerprint density at radius 1 is 1.45 bits per heavy atom. The molecule has 2 rings (SSSR count). The molecule has 1 aliphatic rings. The van der Waals surface area contributed by atoms with Crippen molar-refractivity contribution in [3.8, 4) is 6.07 Å². The Balaban J connectivity index is 2.48. The number of Topliss-reactive ketones (excluding diaryl/α,β-unsaturated/α-hetero) is 1. The number of thioether (sulfide) groups is 1. The van der Waals surface area contributed by atoms with Gasteiger partial charge in [0.2, 0.25) is 5.91 Å². The van der Waals surface area contributed by atoms with Gasteiger partial charge in [-0.2, -0.15) is 5.26 Å². The van der Waals surface area contributed by atoms with E-state index in [4.69, 9.17) is 5.26 Å². The molecule has 0 spiro atoms. The van der Waals surface area contributed by atoms with Gasteiger partial charge >= 0.3 is 0 Å². The van der Waals surface area contributed by atoms with Crippen molar-refractivity contribution in [2.45, 2.75) is 36.8 Å². The first-order chi connectivity index (χ1) is 9.62. The van der Waals surface area contributed by atoms with Crippen molar-refractivity contribution in [2.24, 2.45) is 0 Å². The second kappa shape index (κ2) is 6.10. The minimum absolute atomic E-state index is 0.0205. The highest BCUT2D eigenvalue weighted by atomic mass is 32.2. The van der Waals surface area contributed by atoms with Gasteiger partial charge in [0.15, 0.2) is 5.78 Å². The summed E-state index contributed by atoms with van der Waals surface area (Å²) < 4.78 is 0. The van der Waals surface area contributed by atoms with Crippen LogP contribution in [-0.4, -0.2) is 23.5 Å². The molecule has 20 heavy (non-hydrogen) atoms. The molecule has 0 bridgehead atoms. The summed E-state index contributed by atoms with van der Waals surface area (Å²) in [5.41, 5.74) is 1.28. The maximum Gasteiger partial charge on any atom is 0.241 e. The van der Waals surface area contributed by atoms with Crippen LogP contribution in [0.3, 0.4) is 0 Å². The first-order valence-corrected chi connectivity index (χ1v) is 7.52. The molecule has 0 N–H and O–H groups in total. The van der Waals surface area contributed by atoms with Crippen LogP contribution in [-0.2, 0) is 4.79 Å². The quantitative estimate of drug-likeness (QED) is 0.631. The Labute approximate surface area is 122 Å². The van der Waals surface area contributed by atoms with Crippen LogP contribution in [0.5, 0.6) is 0 Å². The van der Waals surface area contributed by atoms with E-state index in [1.807, 2.05) is 26.0 Å². The number of carbonyl (C=O) groups excluding carboxylic acids is 2. The third-order valence-electron chi connectivity index (χ3n) is 3.30. The third kappa shape index (κ3) is 2.56. The highest BCUT2D eigenvalue weighted by molar-refractivity contribution is 8.01. The second-order valence-electron chi connectivity index (χ2n) is 4.56. The van der Waals surface area contributed by atoms with Crippen LogP contribution < -0.4 is 4.90 Å². The zero-order valence-corrected chi connectivity index (χ0v) is 12.4. The summed E-state index contributed by atoms with van der Waals surface area (Å²) in [7, 11) is 0. The number of amides is 1. The first-order valence-electron chi connectivity index (χ1n) is 6.64. The van der Waals surface area contributed by atoms with E-state index in [2.05, 4.69) is 0 Å². The van der Waals surface area contributed by atoms with Crippen molar-refractivity contribution < 1.29 is 9.59 Å². The maximum absolute atomic E-state index is 12.3. The maximum atomic E-state index is 12.3. The molecule has 1 amide bonds. The van der Waals surface area contributed by atoms with Crippen LogP contribution in [0.25, 0.3) is 0 Å². The largest absolute Gasteiger partial charge is 0.296 e. The summed E-state index contributed by atoms with van der Waals surface area (Å²) in [4.78, 5) is 26.6. The Kier molecular flexibility index (Phi) is 4.46. The van der Waals surface area contributed by atoms with Crippen LogP contribution in [0.15, 0.2) is 23.1 Å². The van der Waals surface area contributed by atoms with E-state index in [9.17, 15) is 9.59 Å². The molecule has 4 nitrogen and oxygen atoms in total. The molecule has 0 aliphatic carbocycles. The van der Waals surface area contributed by atoms with Crippen molar-refractivity contribution >= 4 is 29.1 Å². The number of anilines is 1. The van der Waals surface area contributed by atoms with Crippen molar-refractivity contribution in [1.82, 2.24) is 0 Å². The number of nitrogens with zero attached hydrogens (tertiary/aromatic N) is 2. The molecule has 0 saturated heterocycles. The zero-order chi connectivity index (χ0) is 14.7. The van der Waals surface area contributed by atoms with Crippen molar-refractivity contribution in [3.05, 3.63) is 23.8 Å². The van der Waals surface area contributed by atoms with E-state index in [0.717, 1.165) is 11.3 Å². The molecular formula is C15H16N2O2S. The lowest BCUT2D eigenvalue weighted by molar-refractivity contribution is -0.118. The Morgan fingerprint density at radius 3 is 2.80 bits per heavy atom. The molecule has 1 aromatic carbocycles. The monoisotopic (exact) mass is 288 g/mol. The minimum atomic E-state index is -0.149. The van der Waals surface area contributed by atoms with Gasteiger partial charge in [-0.1, -0.05) is 19.9 Å². The minimum Gasteiger partial charge on any atom is -0.296 e. The number of benzene rings is 1. The first kappa shape index (κ1) is 14.6. The second-order valence-corrected chi connectivity index (χ2v) is 5.80. The van der Waals surface area contributed by atoms with Crippen LogP contribution in [0, 0.1) is 11.3 Å². The summed E-state index contributed by atoms with van der Waals surface area (Å²) in [6.45, 7) is 3.79. The smallest absolute Gasteiger partial charge is 0.241 e. The Bertz CT molecular complexity index is 592. The molecule has 1 unspecified atom stereocenters. The van der Waals surface area contributed by atoms with Crippen LogP contribution >= 0.6 is 11.8 Å². The molecule has 5 heteroatoms. The SMILES string of the molecule is CCC(=O)c1ccc2c(c1)N(CC#N)C(=O)C(CC)S2. The lowest BCUT2D eigenvalue weighted by Crippen LogP contribution is -2.41. The number of nitriles is 1. The number of carbonyl (C=O) groups is 2. The summed E-state index contributed by atoms with van der Waals surface area (Å²) in [6.07, 6.45) is 1.15. The summed E-state index contributed by atoms with van der Waals surface area (Å²) >= 11 is 1.51. The fraction of sp³-hybridized carbons (Fsp3) is 0.400. The van der Waals surface area contributed by atoms with E-state index >= 15 is 0 Å². The number of fused-ring (bicyclic) bond motifs is 1. The average Bonchev–Trinajstić information content (AvgIpc) is 2.48. The molecule has 0 aromatic heterocycles. The van der Waals surface area contributed by atoms with Gasteiger partial charge < -0.3 is 0 Å². The molecule has 104 valence electrons. The molecule has 1 heterocycles. The van der Waals surface area contributed by atoms with Crippen molar-refractivity contribution in [3.63, 3.8) is 0 Å².